The summed E-state index contributed by atoms with van der Waals surface area (Å²) in [6.07, 6.45) is 1.23. The number of hydrogen-bond acceptors (Lipinski definition) is 4. The van der Waals surface area contributed by atoms with E-state index in [1.54, 1.807) is 47.4 Å². The van der Waals surface area contributed by atoms with Gasteiger partial charge in [-0.1, -0.05) is 29.8 Å². The van der Waals surface area contributed by atoms with Gasteiger partial charge < -0.3 is 14.4 Å². The summed E-state index contributed by atoms with van der Waals surface area (Å²) in [4.78, 5) is 15.2. The molecule has 8 heteroatoms. The van der Waals surface area contributed by atoms with Gasteiger partial charge in [-0.15, -0.1) is 0 Å². The Labute approximate surface area is 184 Å². The van der Waals surface area contributed by atoms with E-state index in [2.05, 4.69) is 5.10 Å². The van der Waals surface area contributed by atoms with Crippen molar-refractivity contribution in [2.24, 2.45) is 0 Å². The zero-order valence-corrected chi connectivity index (χ0v) is 17.5. The number of carbonyl (C=O) groups excluding carboxylic acids is 1. The molecule has 2 fully saturated rings. The lowest BCUT2D eigenvalue weighted by molar-refractivity contribution is -0.181. The summed E-state index contributed by atoms with van der Waals surface area (Å²) in [6.45, 7) is 2.19. The predicted octanol–water partition coefficient (Wildman–Crippen LogP) is 4.31. The maximum Gasteiger partial charge on any atom is 0.272 e. The van der Waals surface area contributed by atoms with Gasteiger partial charge in [0.25, 0.3) is 5.91 Å². The van der Waals surface area contributed by atoms with Gasteiger partial charge in [0.05, 0.1) is 24.6 Å². The molecular weight excluding hydrogens is 421 g/mol. The first kappa shape index (κ1) is 20.2. The number of nitrogens with zero attached hydrogens (tertiary/aromatic N) is 3. The highest BCUT2D eigenvalue weighted by atomic mass is 35.5. The highest BCUT2D eigenvalue weighted by Gasteiger charge is 2.41. The number of benzene rings is 2. The third kappa shape index (κ3) is 3.84. The van der Waals surface area contributed by atoms with Crippen LogP contribution in [-0.4, -0.2) is 52.7 Å². The van der Waals surface area contributed by atoms with Crippen molar-refractivity contribution in [1.82, 2.24) is 14.7 Å². The second-order valence-electron chi connectivity index (χ2n) is 7.69. The molecule has 0 saturated carbocycles. The van der Waals surface area contributed by atoms with Crippen LogP contribution < -0.4 is 0 Å². The number of rotatable bonds is 3. The minimum absolute atomic E-state index is 0.178. The zero-order valence-electron chi connectivity index (χ0n) is 16.8. The van der Waals surface area contributed by atoms with Crippen LogP contribution in [0.4, 0.5) is 4.39 Å². The van der Waals surface area contributed by atoms with E-state index in [0.29, 0.717) is 66.8 Å². The summed E-state index contributed by atoms with van der Waals surface area (Å²) >= 11 is 6.17. The van der Waals surface area contributed by atoms with E-state index in [4.69, 9.17) is 21.1 Å². The molecule has 0 unspecified atom stereocenters. The first-order valence-electron chi connectivity index (χ1n) is 10.2. The quantitative estimate of drug-likeness (QED) is 0.607. The summed E-state index contributed by atoms with van der Waals surface area (Å²) in [6, 6.07) is 15.1. The average molecular weight is 442 g/mol. The summed E-state index contributed by atoms with van der Waals surface area (Å²) in [5.74, 6) is -1.14. The predicted molar refractivity (Wildman–Crippen MR) is 114 cm³/mol. The molecule has 2 aliphatic rings. The van der Waals surface area contributed by atoms with Crippen molar-refractivity contribution in [3.8, 4) is 16.9 Å². The number of ether oxygens (including phenoxy) is 2. The van der Waals surface area contributed by atoms with E-state index in [9.17, 15) is 9.18 Å². The molecule has 6 nitrogen and oxygen atoms in total. The van der Waals surface area contributed by atoms with Gasteiger partial charge in [0.1, 0.15) is 11.5 Å². The van der Waals surface area contributed by atoms with Crippen molar-refractivity contribution >= 4 is 17.5 Å². The van der Waals surface area contributed by atoms with Crippen molar-refractivity contribution in [3.63, 3.8) is 0 Å². The molecule has 0 atom stereocenters. The summed E-state index contributed by atoms with van der Waals surface area (Å²) in [5.41, 5.74) is 1.71. The molecule has 31 heavy (non-hydrogen) atoms. The van der Waals surface area contributed by atoms with Gasteiger partial charge in [-0.05, 0) is 36.4 Å². The van der Waals surface area contributed by atoms with Crippen LogP contribution in [0.15, 0.2) is 54.6 Å². The highest BCUT2D eigenvalue weighted by Crippen LogP contribution is 2.32. The number of amides is 1. The fourth-order valence-electron chi connectivity index (χ4n) is 4.14. The number of halogens is 2. The molecule has 0 aliphatic carbocycles. The maximum atomic E-state index is 14.4. The van der Waals surface area contributed by atoms with Gasteiger partial charge in [0.2, 0.25) is 0 Å². The summed E-state index contributed by atoms with van der Waals surface area (Å²) in [7, 11) is 0. The van der Waals surface area contributed by atoms with E-state index < -0.39 is 11.6 Å². The van der Waals surface area contributed by atoms with Crippen molar-refractivity contribution in [1.29, 1.82) is 0 Å². The minimum atomic E-state index is -0.567. The van der Waals surface area contributed by atoms with Crippen LogP contribution in [0.25, 0.3) is 16.9 Å². The SMILES string of the molecule is O=C(c1cc(-c2ccccc2F)nn1-c1cccc(Cl)c1)N1CCC2(CC1)OCCO2. The van der Waals surface area contributed by atoms with Gasteiger partial charge >= 0.3 is 0 Å². The van der Waals surface area contributed by atoms with Crippen LogP contribution in [0.2, 0.25) is 5.02 Å². The second-order valence-corrected chi connectivity index (χ2v) is 8.12. The molecule has 1 amide bonds. The minimum Gasteiger partial charge on any atom is -0.347 e. The zero-order chi connectivity index (χ0) is 21.4. The molecule has 3 aromatic rings. The summed E-state index contributed by atoms with van der Waals surface area (Å²) < 4.78 is 27.5. The fraction of sp³-hybridized carbons (Fsp3) is 0.304. The lowest BCUT2D eigenvalue weighted by atomic mass is 10.0. The molecule has 0 radical (unpaired) electrons. The maximum absolute atomic E-state index is 14.4. The van der Waals surface area contributed by atoms with Crippen LogP contribution in [0, 0.1) is 5.82 Å². The van der Waals surface area contributed by atoms with E-state index in [1.165, 1.54) is 10.7 Å². The van der Waals surface area contributed by atoms with Gasteiger partial charge in [-0.25, -0.2) is 9.07 Å². The third-order valence-corrected chi connectivity index (χ3v) is 5.99. The molecule has 1 aromatic heterocycles. The molecule has 0 bridgehead atoms. The largest absolute Gasteiger partial charge is 0.347 e. The molecule has 160 valence electrons. The van der Waals surface area contributed by atoms with Crippen LogP contribution >= 0.6 is 11.6 Å². The molecule has 1 spiro atoms. The number of piperidine rings is 1. The Bertz CT molecular complexity index is 1120. The monoisotopic (exact) mass is 441 g/mol. The normalized spacial score (nSPS) is 17.9. The lowest BCUT2D eigenvalue weighted by Gasteiger charge is -2.37. The summed E-state index contributed by atoms with van der Waals surface area (Å²) in [5, 5.41) is 5.08. The smallest absolute Gasteiger partial charge is 0.272 e. The highest BCUT2D eigenvalue weighted by molar-refractivity contribution is 6.30. The van der Waals surface area contributed by atoms with Crippen LogP contribution in [0.1, 0.15) is 23.3 Å². The lowest BCUT2D eigenvalue weighted by Crippen LogP contribution is -2.47. The van der Waals surface area contributed by atoms with Gasteiger partial charge in [0.15, 0.2) is 5.79 Å². The van der Waals surface area contributed by atoms with Crippen LogP contribution in [0.5, 0.6) is 0 Å². The van der Waals surface area contributed by atoms with Crippen molar-refractivity contribution in [2.75, 3.05) is 26.3 Å². The Morgan fingerprint density at radius 1 is 1.03 bits per heavy atom. The third-order valence-electron chi connectivity index (χ3n) is 5.76. The second kappa shape index (κ2) is 8.07. The average Bonchev–Trinajstić information content (AvgIpc) is 3.42. The number of aromatic nitrogens is 2. The Hall–Kier alpha value is -2.74. The molecule has 2 aliphatic heterocycles. The van der Waals surface area contributed by atoms with Crippen LogP contribution in [-0.2, 0) is 9.47 Å². The first-order valence-corrected chi connectivity index (χ1v) is 10.6. The molecule has 5 rings (SSSR count). The Kier molecular flexibility index (Phi) is 5.25. The van der Waals surface area contributed by atoms with Crippen LogP contribution in [0.3, 0.4) is 0 Å². The van der Waals surface area contributed by atoms with Gasteiger partial charge in [-0.3, -0.25) is 4.79 Å². The van der Waals surface area contributed by atoms with Crippen molar-refractivity contribution in [2.45, 2.75) is 18.6 Å². The topological polar surface area (TPSA) is 56.6 Å². The van der Waals surface area contributed by atoms with Gasteiger partial charge in [0, 0.05) is 36.5 Å². The number of hydrogen-bond donors (Lipinski definition) is 0. The van der Waals surface area contributed by atoms with Gasteiger partial charge in [-0.2, -0.15) is 5.10 Å². The van der Waals surface area contributed by atoms with E-state index in [0.717, 1.165) is 0 Å². The standard InChI is InChI=1S/C23H21ClFN3O3/c24-16-4-3-5-17(14-16)28-21(15-20(26-28)18-6-1-2-7-19(18)25)22(29)27-10-8-23(9-11-27)30-12-13-31-23/h1-7,14-15H,8-13H2. The number of carbonyl (C=O) groups is 1. The molecule has 3 heterocycles. The number of likely N-dealkylation sites (tertiary alicyclic amines) is 1. The first-order chi connectivity index (χ1) is 15.0. The fourth-order valence-corrected chi connectivity index (χ4v) is 4.32. The van der Waals surface area contributed by atoms with E-state index in [-0.39, 0.29) is 5.91 Å². The van der Waals surface area contributed by atoms with Crippen molar-refractivity contribution < 1.29 is 18.7 Å². The Morgan fingerprint density at radius 3 is 2.48 bits per heavy atom. The van der Waals surface area contributed by atoms with E-state index >= 15 is 0 Å². The Morgan fingerprint density at radius 2 is 1.77 bits per heavy atom. The Balaban J connectivity index is 1.51. The molecule has 2 aromatic carbocycles. The molecular formula is C23H21ClFN3O3. The molecule has 2 saturated heterocycles. The van der Waals surface area contributed by atoms with Crippen molar-refractivity contribution in [3.05, 3.63) is 71.1 Å². The van der Waals surface area contributed by atoms with E-state index in [1.807, 2.05) is 6.07 Å². The molecule has 0 N–H and O–H groups in total.